The van der Waals surface area contributed by atoms with Crippen LogP contribution >= 0.6 is 11.6 Å². The third kappa shape index (κ3) is 4.87. The van der Waals surface area contributed by atoms with Crippen LogP contribution in [0.4, 0.5) is 0 Å². The van der Waals surface area contributed by atoms with E-state index in [2.05, 4.69) is 0 Å². The Morgan fingerprint density at radius 3 is 2.36 bits per heavy atom. The van der Waals surface area contributed by atoms with E-state index in [1.807, 2.05) is 12.1 Å². The molecule has 0 amide bonds. The quantitative estimate of drug-likeness (QED) is 0.581. The van der Waals surface area contributed by atoms with Crippen molar-refractivity contribution < 1.29 is 19.0 Å². The predicted octanol–water partition coefficient (Wildman–Crippen LogP) is 3.47. The Balaban J connectivity index is 2.06. The van der Waals surface area contributed by atoms with Gasteiger partial charge >= 0.3 is 5.97 Å². The molecule has 0 aliphatic carbocycles. The van der Waals surface area contributed by atoms with Crippen molar-refractivity contribution in [3.63, 3.8) is 0 Å². The maximum Gasteiger partial charge on any atom is 0.349 e. The second-order valence-corrected chi connectivity index (χ2v) is 5.14. The molecule has 0 saturated carbocycles. The summed E-state index contributed by atoms with van der Waals surface area (Å²) in [4.78, 5) is 12.0. The van der Waals surface area contributed by atoms with Crippen LogP contribution in [0.15, 0.2) is 36.4 Å². The molecule has 0 fully saturated rings. The second-order valence-electron chi connectivity index (χ2n) is 4.73. The first-order chi connectivity index (χ1) is 12.1. The van der Waals surface area contributed by atoms with Crippen LogP contribution in [0.1, 0.15) is 18.1 Å². The van der Waals surface area contributed by atoms with Gasteiger partial charge in [0, 0.05) is 6.07 Å². The minimum atomic E-state index is -0.683. The highest BCUT2D eigenvalue weighted by molar-refractivity contribution is 6.32. The van der Waals surface area contributed by atoms with E-state index in [4.69, 9.17) is 36.3 Å². The van der Waals surface area contributed by atoms with Gasteiger partial charge in [-0.05, 0) is 37.3 Å². The molecule has 0 aromatic heterocycles. The van der Waals surface area contributed by atoms with E-state index in [0.717, 1.165) is 0 Å². The number of nitrogens with zero attached hydrogens (tertiary/aromatic N) is 2. The first kappa shape index (κ1) is 18.1. The summed E-state index contributed by atoms with van der Waals surface area (Å²) in [5.74, 6) is -0.0157. The SMILES string of the molecule is CCOc1cc(C#N)cc(Cl)c1OC(=O)COc1ccc(C#N)cc1. The first-order valence-electron chi connectivity index (χ1n) is 7.27. The Morgan fingerprint density at radius 1 is 1.08 bits per heavy atom. The number of halogens is 1. The predicted molar refractivity (Wildman–Crippen MR) is 89.6 cm³/mol. The van der Waals surface area contributed by atoms with E-state index in [1.54, 1.807) is 31.2 Å². The van der Waals surface area contributed by atoms with Gasteiger partial charge in [-0.3, -0.25) is 0 Å². The van der Waals surface area contributed by atoms with Crippen molar-refractivity contribution in [1.82, 2.24) is 0 Å². The molecule has 0 aliphatic heterocycles. The summed E-state index contributed by atoms with van der Waals surface area (Å²) in [6, 6.07) is 13.1. The lowest BCUT2D eigenvalue weighted by Gasteiger charge is -2.13. The lowest BCUT2D eigenvalue weighted by Crippen LogP contribution is -2.18. The Bertz CT molecular complexity index is 851. The zero-order valence-corrected chi connectivity index (χ0v) is 14.0. The van der Waals surface area contributed by atoms with Crippen LogP contribution in [0.2, 0.25) is 5.02 Å². The van der Waals surface area contributed by atoms with Gasteiger partial charge in [0.05, 0.1) is 34.9 Å². The van der Waals surface area contributed by atoms with Crippen LogP contribution < -0.4 is 14.2 Å². The molecule has 0 radical (unpaired) electrons. The average molecular weight is 357 g/mol. The largest absolute Gasteiger partial charge is 0.490 e. The van der Waals surface area contributed by atoms with E-state index in [1.165, 1.54) is 12.1 Å². The number of nitriles is 2. The Labute approximate surface area is 149 Å². The molecule has 2 aromatic rings. The fourth-order valence-corrected chi connectivity index (χ4v) is 2.16. The molecule has 0 aliphatic rings. The fraction of sp³-hybridized carbons (Fsp3) is 0.167. The summed E-state index contributed by atoms with van der Waals surface area (Å²) < 4.78 is 15.9. The first-order valence-corrected chi connectivity index (χ1v) is 7.65. The smallest absolute Gasteiger partial charge is 0.349 e. The number of rotatable bonds is 6. The summed E-state index contributed by atoms with van der Waals surface area (Å²) in [6.45, 7) is 1.72. The molecule has 2 rings (SSSR count). The zero-order valence-electron chi connectivity index (χ0n) is 13.3. The zero-order chi connectivity index (χ0) is 18.2. The number of hydrogen-bond donors (Lipinski definition) is 0. The normalized spacial score (nSPS) is 9.60. The molecule has 0 N–H and O–H groups in total. The molecular formula is C18H13ClN2O4. The molecule has 6 nitrogen and oxygen atoms in total. The van der Waals surface area contributed by atoms with Crippen molar-refractivity contribution in [1.29, 1.82) is 10.5 Å². The standard InChI is InChI=1S/C18H13ClN2O4/c1-2-23-16-8-13(10-21)7-15(19)18(16)25-17(22)11-24-14-5-3-12(9-20)4-6-14/h3-8H,2,11H2,1H3. The Morgan fingerprint density at radius 2 is 1.76 bits per heavy atom. The minimum Gasteiger partial charge on any atom is -0.490 e. The molecule has 25 heavy (non-hydrogen) atoms. The topological polar surface area (TPSA) is 92.3 Å². The maximum absolute atomic E-state index is 12.0. The van der Waals surface area contributed by atoms with E-state index < -0.39 is 5.97 Å². The van der Waals surface area contributed by atoms with Gasteiger partial charge in [0.15, 0.2) is 18.1 Å². The van der Waals surface area contributed by atoms with Gasteiger partial charge in [0.1, 0.15) is 5.75 Å². The van der Waals surface area contributed by atoms with Crippen molar-refractivity contribution in [3.8, 4) is 29.4 Å². The van der Waals surface area contributed by atoms with Gasteiger partial charge in [-0.25, -0.2) is 4.79 Å². The van der Waals surface area contributed by atoms with Crippen molar-refractivity contribution in [3.05, 3.63) is 52.5 Å². The third-order valence-corrected chi connectivity index (χ3v) is 3.28. The minimum absolute atomic E-state index is 0.0379. The van der Waals surface area contributed by atoms with Crippen LogP contribution in [0, 0.1) is 22.7 Å². The highest BCUT2D eigenvalue weighted by Crippen LogP contribution is 2.36. The van der Waals surface area contributed by atoms with Gasteiger partial charge in [0.2, 0.25) is 0 Å². The van der Waals surface area contributed by atoms with Gasteiger partial charge in [-0.1, -0.05) is 11.6 Å². The van der Waals surface area contributed by atoms with E-state index >= 15 is 0 Å². The number of hydrogen-bond acceptors (Lipinski definition) is 6. The van der Waals surface area contributed by atoms with Crippen molar-refractivity contribution >= 4 is 17.6 Å². The van der Waals surface area contributed by atoms with Crippen LogP contribution in [0.3, 0.4) is 0 Å². The Hall–Kier alpha value is -3.22. The lowest BCUT2D eigenvalue weighted by atomic mass is 10.2. The highest BCUT2D eigenvalue weighted by atomic mass is 35.5. The summed E-state index contributed by atoms with van der Waals surface area (Å²) in [5, 5.41) is 17.8. The average Bonchev–Trinajstić information content (AvgIpc) is 2.63. The molecular weight excluding hydrogens is 344 g/mol. The molecule has 0 spiro atoms. The van der Waals surface area contributed by atoms with Gasteiger partial charge < -0.3 is 14.2 Å². The van der Waals surface area contributed by atoms with Crippen LogP contribution in [0.5, 0.6) is 17.2 Å². The summed E-state index contributed by atoms with van der Waals surface area (Å²) in [7, 11) is 0. The molecule has 126 valence electrons. The van der Waals surface area contributed by atoms with Crippen molar-refractivity contribution in [2.75, 3.05) is 13.2 Å². The summed E-state index contributed by atoms with van der Waals surface area (Å²) in [6.07, 6.45) is 0. The molecule has 0 heterocycles. The van der Waals surface area contributed by atoms with E-state index in [-0.39, 0.29) is 23.1 Å². The monoisotopic (exact) mass is 356 g/mol. The maximum atomic E-state index is 12.0. The molecule has 0 atom stereocenters. The molecule has 0 unspecified atom stereocenters. The van der Waals surface area contributed by atoms with Gasteiger partial charge in [0.25, 0.3) is 0 Å². The number of benzene rings is 2. The van der Waals surface area contributed by atoms with E-state index in [9.17, 15) is 4.79 Å². The lowest BCUT2D eigenvalue weighted by molar-refractivity contribution is -0.136. The third-order valence-electron chi connectivity index (χ3n) is 2.99. The number of ether oxygens (including phenoxy) is 3. The number of carbonyl (C=O) groups excluding carboxylic acids is 1. The second kappa shape index (κ2) is 8.58. The number of carbonyl (C=O) groups is 1. The fourth-order valence-electron chi connectivity index (χ4n) is 1.91. The van der Waals surface area contributed by atoms with Crippen LogP contribution in [-0.2, 0) is 4.79 Å². The summed E-state index contributed by atoms with van der Waals surface area (Å²) in [5.41, 5.74) is 0.780. The molecule has 0 saturated heterocycles. The van der Waals surface area contributed by atoms with Gasteiger partial charge in [-0.15, -0.1) is 0 Å². The molecule has 2 aromatic carbocycles. The van der Waals surface area contributed by atoms with Gasteiger partial charge in [-0.2, -0.15) is 10.5 Å². The van der Waals surface area contributed by atoms with E-state index in [0.29, 0.717) is 23.5 Å². The number of esters is 1. The van der Waals surface area contributed by atoms with Crippen LogP contribution in [-0.4, -0.2) is 19.2 Å². The molecule has 0 bridgehead atoms. The highest BCUT2D eigenvalue weighted by Gasteiger charge is 2.17. The van der Waals surface area contributed by atoms with Crippen molar-refractivity contribution in [2.24, 2.45) is 0 Å². The molecule has 7 heteroatoms. The summed E-state index contributed by atoms with van der Waals surface area (Å²) >= 11 is 6.06. The van der Waals surface area contributed by atoms with Crippen LogP contribution in [0.25, 0.3) is 0 Å². The van der Waals surface area contributed by atoms with Crippen molar-refractivity contribution in [2.45, 2.75) is 6.92 Å². The Kier molecular flexibility index (Phi) is 6.22.